The monoisotopic (exact) mass is 479 g/mol. The van der Waals surface area contributed by atoms with Crippen LogP contribution in [0.5, 0.6) is 0 Å². The quantitative estimate of drug-likeness (QED) is 0.230. The lowest BCUT2D eigenvalue weighted by Crippen LogP contribution is -2.40. The molecule has 0 spiro atoms. The first-order valence-corrected chi connectivity index (χ1v) is 9.46. The summed E-state index contributed by atoms with van der Waals surface area (Å²) in [6.45, 7) is 11.5. The van der Waals surface area contributed by atoms with Crippen molar-refractivity contribution in [3.63, 3.8) is 0 Å². The Balaban J connectivity index is 0.00000338. The lowest BCUT2D eigenvalue weighted by atomic mass is 10.1. The highest BCUT2D eigenvalue weighted by atomic mass is 127. The van der Waals surface area contributed by atoms with E-state index in [1.54, 1.807) is 0 Å². The first-order valence-electron chi connectivity index (χ1n) is 9.46. The van der Waals surface area contributed by atoms with E-state index in [4.69, 9.17) is 4.52 Å². The summed E-state index contributed by atoms with van der Waals surface area (Å²) in [5, 5.41) is 20.2. The van der Waals surface area contributed by atoms with Crippen LogP contribution in [0.1, 0.15) is 57.4 Å². The highest BCUT2D eigenvalue weighted by Crippen LogP contribution is 2.14. The fraction of sp³-hybridized carbons (Fsp3) is 0.778. The van der Waals surface area contributed by atoms with Crippen LogP contribution in [0.3, 0.4) is 0 Å². The molecule has 0 radical (unpaired) electrons. The number of halogens is 1. The number of guanidine groups is 1. The molecule has 150 valence electrons. The second kappa shape index (κ2) is 12.5. The summed E-state index contributed by atoms with van der Waals surface area (Å²) in [7, 11) is 0. The van der Waals surface area contributed by atoms with Crippen molar-refractivity contribution in [3.8, 4) is 0 Å². The van der Waals surface area contributed by atoms with Crippen molar-refractivity contribution in [2.75, 3.05) is 32.7 Å². The van der Waals surface area contributed by atoms with Gasteiger partial charge in [0.1, 0.15) is 6.54 Å². The Bertz CT molecular complexity index is 527. The van der Waals surface area contributed by atoms with Gasteiger partial charge in [-0.1, -0.05) is 19.0 Å². The van der Waals surface area contributed by atoms with Crippen LogP contribution < -0.4 is 10.6 Å². The Hall–Kier alpha value is -0.870. The molecular formula is C18H34IN5O2. The molecule has 7 nitrogen and oxygen atoms in total. The Morgan fingerprint density at radius 2 is 2.12 bits per heavy atom. The molecule has 1 aromatic rings. The van der Waals surface area contributed by atoms with Gasteiger partial charge in [-0.25, -0.2) is 4.99 Å². The van der Waals surface area contributed by atoms with Crippen molar-refractivity contribution in [1.29, 1.82) is 0 Å². The Morgan fingerprint density at radius 3 is 2.73 bits per heavy atom. The number of nitrogens with one attached hydrogen (secondary N) is 2. The fourth-order valence-electron chi connectivity index (χ4n) is 2.83. The molecule has 26 heavy (non-hydrogen) atoms. The molecule has 1 aliphatic heterocycles. The van der Waals surface area contributed by atoms with Gasteiger partial charge in [0.25, 0.3) is 0 Å². The van der Waals surface area contributed by atoms with E-state index in [1.807, 2.05) is 6.07 Å². The molecule has 0 atom stereocenters. The van der Waals surface area contributed by atoms with Crippen LogP contribution >= 0.6 is 24.0 Å². The summed E-state index contributed by atoms with van der Waals surface area (Å²) in [5.74, 6) is 1.95. The smallest absolute Gasteiger partial charge is 0.191 e. The number of hydrogen-bond donors (Lipinski definition) is 3. The van der Waals surface area contributed by atoms with Gasteiger partial charge in [0, 0.05) is 32.2 Å². The molecule has 0 aromatic carbocycles. The van der Waals surface area contributed by atoms with E-state index < -0.39 is 0 Å². The van der Waals surface area contributed by atoms with E-state index in [0.717, 1.165) is 69.4 Å². The maximum atomic E-state index is 9.54. The van der Waals surface area contributed by atoms with Gasteiger partial charge in [-0.2, -0.15) is 0 Å². The standard InChI is InChI=1S/C18H33N5O2.HI/c1-4-19-18(21-13-16-12-17(14(2)3)22-25-16)20-8-5-9-23-10-6-15(24)7-11-23;/h12,14-15,24H,4-11,13H2,1-3H3,(H2,19,20,21);1H. The SMILES string of the molecule is CCNC(=NCc1cc(C(C)C)no1)NCCCN1CCC(O)CC1.I. The van der Waals surface area contributed by atoms with E-state index >= 15 is 0 Å². The minimum atomic E-state index is -0.103. The number of aliphatic hydroxyl groups excluding tert-OH is 1. The number of rotatable bonds is 8. The zero-order valence-electron chi connectivity index (χ0n) is 16.2. The van der Waals surface area contributed by atoms with E-state index in [-0.39, 0.29) is 30.1 Å². The summed E-state index contributed by atoms with van der Waals surface area (Å²) < 4.78 is 5.33. The third kappa shape index (κ3) is 8.22. The highest BCUT2D eigenvalue weighted by molar-refractivity contribution is 14.0. The topological polar surface area (TPSA) is 85.9 Å². The van der Waals surface area contributed by atoms with E-state index in [0.29, 0.717) is 12.5 Å². The third-order valence-electron chi connectivity index (χ3n) is 4.41. The van der Waals surface area contributed by atoms with Crippen molar-refractivity contribution in [1.82, 2.24) is 20.7 Å². The van der Waals surface area contributed by atoms with Crippen LogP contribution in [0.15, 0.2) is 15.6 Å². The van der Waals surface area contributed by atoms with Crippen LogP contribution in [0.2, 0.25) is 0 Å². The van der Waals surface area contributed by atoms with Crippen LogP contribution in [0.4, 0.5) is 0 Å². The normalized spacial score (nSPS) is 16.6. The van der Waals surface area contributed by atoms with Crippen LogP contribution in [0.25, 0.3) is 0 Å². The van der Waals surface area contributed by atoms with Crippen LogP contribution in [-0.2, 0) is 6.54 Å². The summed E-state index contributed by atoms with van der Waals surface area (Å²) in [5.41, 5.74) is 0.967. The maximum Gasteiger partial charge on any atom is 0.191 e. The summed E-state index contributed by atoms with van der Waals surface area (Å²) >= 11 is 0. The van der Waals surface area contributed by atoms with Gasteiger partial charge in [-0.15, -0.1) is 24.0 Å². The van der Waals surface area contributed by atoms with Crippen molar-refractivity contribution < 1.29 is 9.63 Å². The largest absolute Gasteiger partial charge is 0.393 e. The molecule has 0 saturated carbocycles. The van der Waals surface area contributed by atoms with Gasteiger partial charge in [-0.3, -0.25) is 0 Å². The highest BCUT2D eigenvalue weighted by Gasteiger charge is 2.16. The lowest BCUT2D eigenvalue weighted by molar-refractivity contribution is 0.0823. The average molecular weight is 479 g/mol. The molecule has 1 aliphatic rings. The van der Waals surface area contributed by atoms with Gasteiger partial charge >= 0.3 is 0 Å². The molecule has 1 fully saturated rings. The average Bonchev–Trinajstić information content (AvgIpc) is 3.07. The van der Waals surface area contributed by atoms with Crippen molar-refractivity contribution >= 4 is 29.9 Å². The number of aliphatic imine (C=N–C) groups is 1. The summed E-state index contributed by atoms with van der Waals surface area (Å²) in [6.07, 6.45) is 2.75. The Kier molecular flexibility index (Phi) is 11.1. The van der Waals surface area contributed by atoms with Gasteiger partial charge in [0.05, 0.1) is 11.8 Å². The molecule has 0 aliphatic carbocycles. The van der Waals surface area contributed by atoms with E-state index in [2.05, 4.69) is 46.5 Å². The number of aromatic nitrogens is 1. The molecule has 1 aromatic heterocycles. The van der Waals surface area contributed by atoms with Gasteiger partial charge in [-0.05, 0) is 38.6 Å². The predicted octanol–water partition coefficient (Wildman–Crippen LogP) is 2.32. The maximum absolute atomic E-state index is 9.54. The zero-order chi connectivity index (χ0) is 18.1. The van der Waals surface area contributed by atoms with E-state index in [9.17, 15) is 5.11 Å². The predicted molar refractivity (Wildman–Crippen MR) is 115 cm³/mol. The number of nitrogens with zero attached hydrogens (tertiary/aromatic N) is 3. The second-order valence-electron chi connectivity index (χ2n) is 6.92. The second-order valence-corrected chi connectivity index (χ2v) is 6.92. The van der Waals surface area contributed by atoms with Crippen molar-refractivity contribution in [2.24, 2.45) is 4.99 Å². The minimum Gasteiger partial charge on any atom is -0.393 e. The van der Waals surface area contributed by atoms with Crippen molar-refractivity contribution in [2.45, 2.75) is 58.6 Å². The van der Waals surface area contributed by atoms with Crippen LogP contribution in [-0.4, -0.2) is 60.0 Å². The van der Waals surface area contributed by atoms with E-state index in [1.165, 1.54) is 0 Å². The summed E-state index contributed by atoms with van der Waals surface area (Å²) in [4.78, 5) is 6.98. The first kappa shape index (κ1) is 23.2. The molecular weight excluding hydrogens is 445 g/mol. The minimum absolute atomic E-state index is 0. The molecule has 8 heteroatoms. The molecule has 3 N–H and O–H groups in total. The first-order chi connectivity index (χ1) is 12.1. The van der Waals surface area contributed by atoms with Gasteiger partial charge < -0.3 is 25.2 Å². The number of hydrogen-bond acceptors (Lipinski definition) is 5. The molecule has 2 heterocycles. The molecule has 0 amide bonds. The molecule has 0 unspecified atom stereocenters. The van der Waals surface area contributed by atoms with Crippen molar-refractivity contribution in [3.05, 3.63) is 17.5 Å². The number of piperidine rings is 1. The Labute approximate surface area is 174 Å². The van der Waals surface area contributed by atoms with Gasteiger partial charge in [0.15, 0.2) is 11.7 Å². The zero-order valence-corrected chi connectivity index (χ0v) is 18.5. The molecule has 0 bridgehead atoms. The molecule has 2 rings (SSSR count). The van der Waals surface area contributed by atoms with Gasteiger partial charge in [0.2, 0.25) is 0 Å². The lowest BCUT2D eigenvalue weighted by Gasteiger charge is -2.29. The fourth-order valence-corrected chi connectivity index (χ4v) is 2.83. The Morgan fingerprint density at radius 1 is 1.38 bits per heavy atom. The van der Waals surface area contributed by atoms with Crippen LogP contribution in [0, 0.1) is 0 Å². The number of aliphatic hydroxyl groups is 1. The molecule has 1 saturated heterocycles. The number of likely N-dealkylation sites (tertiary alicyclic amines) is 1. The summed E-state index contributed by atoms with van der Waals surface area (Å²) in [6, 6.07) is 1.97. The third-order valence-corrected chi connectivity index (χ3v) is 4.41.